The monoisotopic (exact) mass is 614 g/mol. The molecule has 1 fully saturated rings. The van der Waals surface area contributed by atoms with Gasteiger partial charge in [0.05, 0.1) is 36.0 Å². The Morgan fingerprint density at radius 3 is 2.48 bits per heavy atom. The van der Waals surface area contributed by atoms with Crippen LogP contribution in [0.2, 0.25) is 0 Å². The van der Waals surface area contributed by atoms with Gasteiger partial charge >= 0.3 is 0 Å². The number of nitrogens with zero attached hydrogens (tertiary/aromatic N) is 3. The van der Waals surface area contributed by atoms with Gasteiger partial charge in [0.2, 0.25) is 0 Å². The van der Waals surface area contributed by atoms with Gasteiger partial charge < -0.3 is 24.8 Å². The van der Waals surface area contributed by atoms with E-state index in [1.165, 1.54) is 6.20 Å². The number of ether oxygens (including phenoxy) is 2. The lowest BCUT2D eigenvalue weighted by Gasteiger charge is -2.37. The molecule has 0 aliphatic carbocycles. The van der Waals surface area contributed by atoms with E-state index in [-0.39, 0.29) is 30.4 Å². The molecular formula is C38H38N4O4. The number of likely N-dealkylation sites (N-methyl/N-ethyl adjacent to an activating group) is 1. The van der Waals surface area contributed by atoms with E-state index in [4.69, 9.17) is 9.47 Å². The second kappa shape index (κ2) is 14.6. The summed E-state index contributed by atoms with van der Waals surface area (Å²) < 4.78 is 13.1. The maximum absolute atomic E-state index is 12.9. The number of benzene rings is 4. The molecule has 1 saturated heterocycles. The average molecular weight is 615 g/mol. The van der Waals surface area contributed by atoms with E-state index in [0.717, 1.165) is 52.0 Å². The van der Waals surface area contributed by atoms with E-state index in [2.05, 4.69) is 58.1 Å². The number of aliphatic hydroxyl groups is 1. The number of amides is 1. The summed E-state index contributed by atoms with van der Waals surface area (Å²) in [6, 6.07) is 31.7. The summed E-state index contributed by atoms with van der Waals surface area (Å²) in [5, 5.41) is 12.5. The Balaban J connectivity index is 1.18. The Morgan fingerprint density at radius 1 is 0.935 bits per heavy atom. The first-order valence-corrected chi connectivity index (χ1v) is 15.5. The van der Waals surface area contributed by atoms with Crippen molar-refractivity contribution < 1.29 is 19.4 Å². The van der Waals surface area contributed by atoms with Crippen LogP contribution in [-0.4, -0.2) is 52.1 Å². The number of hydrogen-bond donors (Lipinski definition) is 2. The average Bonchev–Trinajstić information content (AvgIpc) is 3.10. The third-order valence-electron chi connectivity index (χ3n) is 8.12. The number of para-hydroxylation sites is 2. The number of nitrogens with one attached hydrogen (secondary N) is 1. The molecule has 8 nitrogen and oxygen atoms in total. The van der Waals surface area contributed by atoms with Crippen LogP contribution in [0.1, 0.15) is 51.6 Å². The predicted octanol–water partition coefficient (Wildman–Crippen LogP) is 6.38. The number of aromatic nitrogens is 2. The maximum Gasteiger partial charge on any atom is 0.271 e. The van der Waals surface area contributed by atoms with E-state index >= 15 is 0 Å². The molecule has 234 valence electrons. The minimum Gasteiger partial charge on any atom is -0.392 e. The molecule has 0 radical (unpaired) electrons. The third-order valence-corrected chi connectivity index (χ3v) is 8.12. The van der Waals surface area contributed by atoms with Crippen molar-refractivity contribution in [3.8, 4) is 11.1 Å². The van der Waals surface area contributed by atoms with Crippen LogP contribution in [0.5, 0.6) is 0 Å². The maximum atomic E-state index is 12.9. The first kappa shape index (κ1) is 31.3. The van der Waals surface area contributed by atoms with E-state index in [0.29, 0.717) is 18.5 Å². The lowest BCUT2D eigenvalue weighted by atomic mass is 9.98. The highest BCUT2D eigenvalue weighted by Gasteiger charge is 2.32. The fourth-order valence-electron chi connectivity index (χ4n) is 5.74. The van der Waals surface area contributed by atoms with Crippen LogP contribution in [0.25, 0.3) is 22.2 Å². The van der Waals surface area contributed by atoms with E-state index in [1.54, 1.807) is 0 Å². The van der Waals surface area contributed by atoms with Crippen molar-refractivity contribution in [2.24, 2.45) is 0 Å². The Hall–Kier alpha value is -4.73. The number of carbonyl (C=O) groups excluding carboxylic acids is 1. The van der Waals surface area contributed by atoms with Crippen LogP contribution >= 0.6 is 0 Å². The van der Waals surface area contributed by atoms with E-state index < -0.39 is 6.29 Å². The Kier molecular flexibility index (Phi) is 9.91. The highest BCUT2D eigenvalue weighted by Crippen LogP contribution is 2.39. The van der Waals surface area contributed by atoms with Gasteiger partial charge in [-0.1, -0.05) is 78.9 Å². The van der Waals surface area contributed by atoms with Gasteiger partial charge in [0.1, 0.15) is 5.69 Å². The van der Waals surface area contributed by atoms with Gasteiger partial charge in [-0.15, -0.1) is 6.58 Å². The number of rotatable bonds is 11. The van der Waals surface area contributed by atoms with Gasteiger partial charge in [-0.25, -0.2) is 4.98 Å². The van der Waals surface area contributed by atoms with Gasteiger partial charge in [0, 0.05) is 31.6 Å². The predicted molar refractivity (Wildman–Crippen MR) is 179 cm³/mol. The van der Waals surface area contributed by atoms with Crippen LogP contribution in [0, 0.1) is 0 Å². The summed E-state index contributed by atoms with van der Waals surface area (Å²) in [5.41, 5.74) is 7.58. The van der Waals surface area contributed by atoms with E-state index in [1.807, 2.05) is 78.9 Å². The third kappa shape index (κ3) is 7.55. The summed E-state index contributed by atoms with van der Waals surface area (Å²) in [7, 11) is 2.06. The molecule has 3 atom stereocenters. The summed E-state index contributed by atoms with van der Waals surface area (Å²) in [4.78, 5) is 23.9. The molecule has 0 spiro atoms. The quantitative estimate of drug-likeness (QED) is 0.167. The molecule has 1 aliphatic rings. The Morgan fingerprint density at radius 2 is 1.70 bits per heavy atom. The Labute approximate surface area is 269 Å². The van der Waals surface area contributed by atoms with Crippen molar-refractivity contribution in [2.45, 2.75) is 38.1 Å². The zero-order valence-corrected chi connectivity index (χ0v) is 25.9. The van der Waals surface area contributed by atoms with Gasteiger partial charge in [-0.2, -0.15) is 0 Å². The highest BCUT2D eigenvalue weighted by molar-refractivity contribution is 5.93. The van der Waals surface area contributed by atoms with Crippen molar-refractivity contribution >= 4 is 16.9 Å². The normalized spacial score (nSPS) is 18.0. The van der Waals surface area contributed by atoms with E-state index in [9.17, 15) is 9.90 Å². The van der Waals surface area contributed by atoms with Gasteiger partial charge in [0.15, 0.2) is 6.29 Å². The van der Waals surface area contributed by atoms with Crippen molar-refractivity contribution in [2.75, 3.05) is 20.1 Å². The number of fused-ring (bicyclic) bond motifs is 1. The molecule has 1 amide bonds. The first-order valence-electron chi connectivity index (χ1n) is 15.5. The smallest absolute Gasteiger partial charge is 0.271 e. The summed E-state index contributed by atoms with van der Waals surface area (Å²) in [5.74, 6) is -0.272. The van der Waals surface area contributed by atoms with Crippen LogP contribution in [0.3, 0.4) is 0 Å². The molecule has 46 heavy (non-hydrogen) atoms. The number of carbonyl (C=O) groups is 1. The molecule has 8 heteroatoms. The summed E-state index contributed by atoms with van der Waals surface area (Å²) in [6.45, 7) is 5.74. The fraction of sp³-hybridized carbons (Fsp3) is 0.237. The lowest BCUT2D eigenvalue weighted by Crippen LogP contribution is -2.37. The second-order valence-electron chi connectivity index (χ2n) is 11.6. The molecule has 0 saturated carbocycles. The largest absolute Gasteiger partial charge is 0.392 e. The lowest BCUT2D eigenvalue weighted by molar-refractivity contribution is -0.252. The van der Waals surface area contributed by atoms with Crippen LogP contribution in [-0.2, 0) is 22.6 Å². The van der Waals surface area contributed by atoms with Gasteiger partial charge in [0.25, 0.3) is 5.91 Å². The van der Waals surface area contributed by atoms with Crippen molar-refractivity contribution in [3.63, 3.8) is 0 Å². The highest BCUT2D eigenvalue weighted by atomic mass is 16.7. The Bertz CT molecular complexity index is 1810. The topological polar surface area (TPSA) is 96.8 Å². The summed E-state index contributed by atoms with van der Waals surface area (Å²) in [6.07, 6.45) is 3.36. The van der Waals surface area contributed by atoms with Crippen LogP contribution < -0.4 is 5.32 Å². The molecule has 5 aromatic rings. The molecule has 0 unspecified atom stereocenters. The molecule has 2 N–H and O–H groups in total. The van der Waals surface area contributed by atoms with Crippen molar-refractivity contribution in [3.05, 3.63) is 144 Å². The van der Waals surface area contributed by atoms with Crippen LogP contribution in [0.4, 0.5) is 0 Å². The minimum absolute atomic E-state index is 0.00597. The van der Waals surface area contributed by atoms with Gasteiger partial charge in [-0.3, -0.25) is 9.78 Å². The van der Waals surface area contributed by atoms with Gasteiger partial charge in [-0.05, 0) is 59.1 Å². The zero-order chi connectivity index (χ0) is 31.9. The number of hydrogen-bond acceptors (Lipinski definition) is 7. The molecule has 1 aliphatic heterocycles. The molecule has 6 rings (SSSR count). The van der Waals surface area contributed by atoms with Crippen LogP contribution in [0.15, 0.2) is 116 Å². The first-order chi connectivity index (χ1) is 22.5. The molecular weight excluding hydrogens is 576 g/mol. The van der Waals surface area contributed by atoms with Crippen molar-refractivity contribution in [1.82, 2.24) is 20.2 Å². The fourth-order valence-corrected chi connectivity index (χ4v) is 5.74. The molecule has 0 bridgehead atoms. The molecule has 4 aromatic carbocycles. The SMILES string of the molecule is C=CCN(C)C[C@@H]1C[C@H](c2ccc(CO)cc2)O[C@H](c2cccc(-c3cccc(CNC(=O)c4cnc5ccccc5n4)c3)c2)O1. The zero-order valence-electron chi connectivity index (χ0n) is 25.9. The summed E-state index contributed by atoms with van der Waals surface area (Å²) >= 11 is 0. The second-order valence-corrected chi connectivity index (χ2v) is 11.6. The molecule has 2 heterocycles. The molecule has 1 aromatic heterocycles. The minimum atomic E-state index is -0.552. The standard InChI is InChI=1S/C38H38N4O4/c1-3-18-42(2)24-32-21-36(28-16-14-26(25-43)15-17-28)46-38(45-32)31-11-7-10-30(20-31)29-9-6-8-27(19-29)22-40-37(44)35-23-39-33-12-4-5-13-34(33)41-35/h3-17,19-20,23,32,36,38,43H,1,18,21-22,24-25H2,2H3,(H,40,44)/t32-,36+,38+/m0/s1. The number of aliphatic hydroxyl groups excluding tert-OH is 1. The van der Waals surface area contributed by atoms with Crippen molar-refractivity contribution in [1.29, 1.82) is 0 Å².